The van der Waals surface area contributed by atoms with Crippen LogP contribution in [0.1, 0.15) is 25.7 Å². The molecule has 0 bridgehead atoms. The molecule has 7 heteroatoms. The van der Waals surface area contributed by atoms with Crippen LogP contribution >= 0.6 is 0 Å². The quantitative estimate of drug-likeness (QED) is 0.589. The van der Waals surface area contributed by atoms with E-state index < -0.39 is 18.2 Å². The van der Waals surface area contributed by atoms with E-state index in [0.717, 1.165) is 13.8 Å². The highest BCUT2D eigenvalue weighted by Crippen LogP contribution is 2.16. The molecule has 1 aromatic rings. The summed E-state index contributed by atoms with van der Waals surface area (Å²) in [7, 11) is 1.53. The van der Waals surface area contributed by atoms with Crippen molar-refractivity contribution in [2.75, 3.05) is 7.11 Å². The van der Waals surface area contributed by atoms with Crippen LogP contribution < -0.4 is 4.74 Å². The Labute approximate surface area is 110 Å². The Morgan fingerprint density at radius 2 is 1.53 bits per heavy atom. The van der Waals surface area contributed by atoms with Gasteiger partial charge in [0.2, 0.25) is 0 Å². The molecule has 0 spiro atoms. The Morgan fingerprint density at radius 1 is 1.11 bits per heavy atom. The topological polar surface area (TPSA) is 124 Å². The van der Waals surface area contributed by atoms with Crippen molar-refractivity contribution >= 4 is 11.9 Å². The largest absolute Gasteiger partial charge is 0.497 e. The second-order valence-electron chi connectivity index (χ2n) is 3.19. The minimum absolute atomic E-state index is 0.435. The van der Waals surface area contributed by atoms with Gasteiger partial charge in [-0.3, -0.25) is 9.59 Å². The summed E-state index contributed by atoms with van der Waals surface area (Å²) >= 11 is 0. The van der Waals surface area contributed by atoms with Gasteiger partial charge in [0.25, 0.3) is 11.9 Å². The fourth-order valence-electron chi connectivity index (χ4n) is 0.802. The van der Waals surface area contributed by atoms with Crippen LogP contribution in [0.25, 0.3) is 0 Å². The van der Waals surface area contributed by atoms with Crippen molar-refractivity contribution in [2.45, 2.75) is 20.1 Å². The number of ether oxygens (including phenoxy) is 1. The van der Waals surface area contributed by atoms with Crippen LogP contribution in [-0.2, 0) is 9.59 Å². The number of methoxy groups -OCH3 is 1. The van der Waals surface area contributed by atoms with Gasteiger partial charge in [0, 0.05) is 19.4 Å². The van der Waals surface area contributed by atoms with Crippen LogP contribution in [0.15, 0.2) is 24.3 Å². The lowest BCUT2D eigenvalue weighted by atomic mass is 10.2. The zero-order valence-corrected chi connectivity index (χ0v) is 10.9. The minimum Gasteiger partial charge on any atom is -0.497 e. The van der Waals surface area contributed by atoms with E-state index in [4.69, 9.17) is 34.8 Å². The number of aliphatic carboxylic acids is 2. The number of aliphatic hydroxyl groups is 2. The van der Waals surface area contributed by atoms with E-state index >= 15 is 0 Å². The van der Waals surface area contributed by atoms with Crippen LogP contribution in [-0.4, -0.2) is 39.5 Å². The highest BCUT2D eigenvalue weighted by atomic mass is 16.5. The highest BCUT2D eigenvalue weighted by Gasteiger charge is 2.01. The Hall–Kier alpha value is -2.12. The molecule has 0 saturated carbocycles. The maximum absolute atomic E-state index is 9.00. The number of carboxylic acids is 2. The molecule has 0 unspecified atom stereocenters. The summed E-state index contributed by atoms with van der Waals surface area (Å²) in [5, 5.41) is 32.3. The van der Waals surface area contributed by atoms with Gasteiger partial charge in [-0.25, -0.2) is 0 Å². The molecule has 0 aliphatic carbocycles. The first-order valence-corrected chi connectivity index (χ1v) is 5.09. The molecule has 0 aromatic heterocycles. The number of benzene rings is 1. The molecule has 108 valence electrons. The second kappa shape index (κ2) is 11.0. The van der Waals surface area contributed by atoms with Crippen LogP contribution in [0, 0.1) is 0 Å². The van der Waals surface area contributed by atoms with Gasteiger partial charge in [0.15, 0.2) is 6.29 Å². The van der Waals surface area contributed by atoms with Crippen molar-refractivity contribution in [3.8, 4) is 5.75 Å². The van der Waals surface area contributed by atoms with Gasteiger partial charge in [0.05, 0.1) is 7.11 Å². The maximum Gasteiger partial charge on any atom is 0.300 e. The first kappa shape index (κ1) is 19.2. The Balaban J connectivity index is 0. The monoisotopic (exact) mass is 274 g/mol. The predicted octanol–water partition coefficient (Wildman–Crippen LogP) is 0.860. The van der Waals surface area contributed by atoms with Crippen molar-refractivity contribution < 1.29 is 34.8 Å². The zero-order valence-electron chi connectivity index (χ0n) is 10.9. The summed E-state index contributed by atoms with van der Waals surface area (Å²) < 4.78 is 4.88. The third-order valence-electron chi connectivity index (χ3n) is 1.39. The number of hydrogen-bond acceptors (Lipinski definition) is 5. The molecule has 7 nitrogen and oxygen atoms in total. The summed E-state index contributed by atoms with van der Waals surface area (Å²) in [6.45, 7) is 2.17. The highest BCUT2D eigenvalue weighted by molar-refractivity contribution is 5.63. The lowest BCUT2D eigenvalue weighted by molar-refractivity contribution is -0.135. The van der Waals surface area contributed by atoms with E-state index in [9.17, 15) is 0 Å². The summed E-state index contributed by atoms with van der Waals surface area (Å²) in [5.74, 6) is -1.05. The molecule has 0 fully saturated rings. The van der Waals surface area contributed by atoms with Gasteiger partial charge in [0.1, 0.15) is 5.75 Å². The maximum atomic E-state index is 9.00. The number of carbonyl (C=O) groups is 2. The van der Waals surface area contributed by atoms with Gasteiger partial charge >= 0.3 is 0 Å². The van der Waals surface area contributed by atoms with Gasteiger partial charge in [-0.1, -0.05) is 12.1 Å². The molecule has 0 aliphatic heterocycles. The Kier molecular flexibility index (Phi) is 11.1. The number of carboxylic acid groups (broad SMARTS) is 2. The molecule has 0 radical (unpaired) electrons. The van der Waals surface area contributed by atoms with Crippen molar-refractivity contribution in [2.24, 2.45) is 0 Å². The molecule has 1 aromatic carbocycles. The van der Waals surface area contributed by atoms with Gasteiger partial charge in [-0.15, -0.1) is 0 Å². The normalized spacial score (nSPS) is 8.53. The second-order valence-corrected chi connectivity index (χ2v) is 3.19. The third-order valence-corrected chi connectivity index (χ3v) is 1.39. The van der Waals surface area contributed by atoms with Gasteiger partial charge in [-0.05, 0) is 12.1 Å². The molecule has 0 aliphatic rings. The average molecular weight is 274 g/mol. The first-order valence-electron chi connectivity index (χ1n) is 5.09. The smallest absolute Gasteiger partial charge is 0.300 e. The number of hydrogen-bond donors (Lipinski definition) is 4. The molecule has 0 amide bonds. The van der Waals surface area contributed by atoms with Crippen molar-refractivity contribution in [1.29, 1.82) is 0 Å². The summed E-state index contributed by atoms with van der Waals surface area (Å²) in [6, 6.07) is 6.64. The minimum atomic E-state index is -1.43. The molecule has 1 rings (SSSR count). The fraction of sp³-hybridized carbons (Fsp3) is 0.333. The van der Waals surface area contributed by atoms with Crippen LogP contribution in [0.4, 0.5) is 0 Å². The molecule has 19 heavy (non-hydrogen) atoms. The van der Waals surface area contributed by atoms with E-state index in [0.29, 0.717) is 11.3 Å². The zero-order chi connectivity index (χ0) is 15.4. The van der Waals surface area contributed by atoms with Crippen LogP contribution in [0.3, 0.4) is 0 Å². The van der Waals surface area contributed by atoms with E-state index in [-0.39, 0.29) is 0 Å². The Morgan fingerprint density at radius 3 is 1.84 bits per heavy atom. The predicted molar refractivity (Wildman–Crippen MR) is 66.8 cm³/mol. The van der Waals surface area contributed by atoms with Gasteiger partial charge in [-0.2, -0.15) is 0 Å². The van der Waals surface area contributed by atoms with Crippen LogP contribution in [0.2, 0.25) is 0 Å². The first-order chi connectivity index (χ1) is 8.70. The van der Waals surface area contributed by atoms with Crippen molar-refractivity contribution in [1.82, 2.24) is 0 Å². The summed E-state index contributed by atoms with van der Waals surface area (Å²) in [5.41, 5.74) is 0.435. The molecule has 0 atom stereocenters. The van der Waals surface area contributed by atoms with Crippen molar-refractivity contribution in [3.63, 3.8) is 0 Å². The lowest BCUT2D eigenvalue weighted by Crippen LogP contribution is -1.94. The Bertz CT molecular complexity index is 367. The molecule has 4 N–H and O–H groups in total. The number of aliphatic hydroxyl groups excluding tert-OH is 1. The summed E-state index contributed by atoms with van der Waals surface area (Å²) in [4.78, 5) is 18.0. The average Bonchev–Trinajstić information content (AvgIpc) is 2.27. The van der Waals surface area contributed by atoms with Crippen molar-refractivity contribution in [3.05, 3.63) is 29.8 Å². The summed E-state index contributed by atoms with van der Waals surface area (Å²) in [6.07, 6.45) is -1.43. The van der Waals surface area contributed by atoms with Gasteiger partial charge < -0.3 is 25.2 Å². The molecular formula is C12H18O7. The standard InChI is InChI=1S/C8H10O3.2C2H4O2/c1-11-7-4-2-3-6(5-7)8(9)10;2*1-2(3)4/h2-5,8-10H,1H3;2*1H3,(H,3,4). The molecule has 0 heterocycles. The van der Waals surface area contributed by atoms with E-state index in [1.54, 1.807) is 24.3 Å². The molecule has 0 saturated heterocycles. The number of rotatable bonds is 2. The van der Waals surface area contributed by atoms with Crippen LogP contribution in [0.5, 0.6) is 5.75 Å². The van der Waals surface area contributed by atoms with E-state index in [2.05, 4.69) is 0 Å². The SMILES string of the molecule is CC(=O)O.CC(=O)O.COc1cccc(C(O)O)c1. The fourth-order valence-corrected chi connectivity index (χ4v) is 0.802. The lowest BCUT2D eigenvalue weighted by Gasteiger charge is -2.04. The third kappa shape index (κ3) is 15.9. The van der Waals surface area contributed by atoms with E-state index in [1.807, 2.05) is 0 Å². The van der Waals surface area contributed by atoms with E-state index in [1.165, 1.54) is 7.11 Å². The molecular weight excluding hydrogens is 256 g/mol.